The molecule has 0 unspecified atom stereocenters. The second kappa shape index (κ2) is 9.50. The minimum Gasteiger partial charge on any atom is -0.379 e. The average molecular weight is 505 g/mol. The molecule has 0 atom stereocenters. The van der Waals surface area contributed by atoms with Gasteiger partial charge in [-0.1, -0.05) is 11.6 Å². The van der Waals surface area contributed by atoms with Crippen molar-refractivity contribution in [2.75, 3.05) is 53.0 Å². The van der Waals surface area contributed by atoms with Gasteiger partial charge in [0.15, 0.2) is 5.69 Å². The van der Waals surface area contributed by atoms with E-state index in [4.69, 9.17) is 22.1 Å². The summed E-state index contributed by atoms with van der Waals surface area (Å²) in [5, 5.41) is 0.305. The standard InChI is InChI=1S/C24H30ClFN6O3/c1-29-8-9-32-19(15-29)20(28-21(32)17-3-2-16(25)14-18(17)26)22(33)30-6-4-24(5-7-30,23(27)34)31-10-12-35-13-11-31/h2-3,14H,4-13,15H2,1H3,(H2,27,34). The van der Waals surface area contributed by atoms with Crippen LogP contribution in [0.15, 0.2) is 18.2 Å². The van der Waals surface area contributed by atoms with Crippen molar-refractivity contribution in [1.82, 2.24) is 24.3 Å². The van der Waals surface area contributed by atoms with Gasteiger partial charge >= 0.3 is 0 Å². The lowest BCUT2D eigenvalue weighted by atomic mass is 9.84. The van der Waals surface area contributed by atoms with Gasteiger partial charge in [-0.15, -0.1) is 0 Å². The van der Waals surface area contributed by atoms with Gasteiger partial charge in [0.1, 0.15) is 17.2 Å². The monoisotopic (exact) mass is 504 g/mol. The molecule has 2 aromatic rings. The summed E-state index contributed by atoms with van der Waals surface area (Å²) in [5.74, 6) is -0.599. The highest BCUT2D eigenvalue weighted by molar-refractivity contribution is 6.30. The highest BCUT2D eigenvalue weighted by Crippen LogP contribution is 2.33. The second-order valence-corrected chi connectivity index (χ2v) is 9.97. The van der Waals surface area contributed by atoms with E-state index >= 15 is 0 Å². The molecule has 2 amide bonds. The normalized spacial score (nSPS) is 21.1. The molecule has 0 radical (unpaired) electrons. The topological polar surface area (TPSA) is 96.9 Å². The Labute approximate surface area is 208 Å². The summed E-state index contributed by atoms with van der Waals surface area (Å²) < 4.78 is 22.2. The van der Waals surface area contributed by atoms with Crippen molar-refractivity contribution in [3.63, 3.8) is 0 Å². The van der Waals surface area contributed by atoms with E-state index in [2.05, 4.69) is 14.8 Å². The Morgan fingerprint density at radius 2 is 1.83 bits per heavy atom. The summed E-state index contributed by atoms with van der Waals surface area (Å²) in [4.78, 5) is 36.8. The molecule has 4 heterocycles. The first kappa shape index (κ1) is 24.2. The summed E-state index contributed by atoms with van der Waals surface area (Å²) in [5.41, 5.74) is 6.52. The number of carbonyl (C=O) groups is 2. The molecule has 3 aliphatic heterocycles. The maximum absolute atomic E-state index is 14.8. The van der Waals surface area contributed by atoms with E-state index in [1.54, 1.807) is 17.0 Å². The maximum atomic E-state index is 14.8. The molecule has 5 rings (SSSR count). The molecule has 0 bridgehead atoms. The number of primary amides is 1. The molecule has 188 valence electrons. The molecule has 1 aromatic heterocycles. The quantitative estimate of drug-likeness (QED) is 0.679. The van der Waals surface area contributed by atoms with Crippen molar-refractivity contribution in [2.45, 2.75) is 31.5 Å². The Hall–Kier alpha value is -2.53. The molecule has 0 saturated carbocycles. The molecule has 0 aliphatic carbocycles. The number of nitrogens with two attached hydrogens (primary N) is 1. The predicted octanol–water partition coefficient (Wildman–Crippen LogP) is 1.58. The van der Waals surface area contributed by atoms with Gasteiger partial charge in [-0.05, 0) is 38.1 Å². The molecule has 1 aromatic carbocycles. The van der Waals surface area contributed by atoms with Crippen molar-refractivity contribution in [2.24, 2.45) is 5.73 Å². The lowest BCUT2D eigenvalue weighted by molar-refractivity contribution is -0.137. The number of aromatic nitrogens is 2. The number of hydrogen-bond acceptors (Lipinski definition) is 6. The summed E-state index contributed by atoms with van der Waals surface area (Å²) in [7, 11) is 1.98. The van der Waals surface area contributed by atoms with Gasteiger partial charge < -0.3 is 19.9 Å². The number of likely N-dealkylation sites (N-methyl/N-ethyl adjacent to an activating group) is 1. The zero-order chi connectivity index (χ0) is 24.7. The van der Waals surface area contributed by atoms with E-state index < -0.39 is 11.4 Å². The van der Waals surface area contributed by atoms with Gasteiger partial charge in [-0.25, -0.2) is 9.37 Å². The van der Waals surface area contributed by atoms with Crippen LogP contribution in [-0.2, 0) is 22.6 Å². The molecule has 11 heteroatoms. The van der Waals surface area contributed by atoms with Gasteiger partial charge in [0.05, 0.1) is 24.5 Å². The number of piperidine rings is 1. The number of morpholine rings is 1. The van der Waals surface area contributed by atoms with E-state index in [0.29, 0.717) is 87.4 Å². The zero-order valence-electron chi connectivity index (χ0n) is 19.8. The third-order valence-corrected chi connectivity index (χ3v) is 7.76. The van der Waals surface area contributed by atoms with Crippen LogP contribution in [0, 0.1) is 5.82 Å². The Bertz CT molecular complexity index is 1140. The Morgan fingerprint density at radius 1 is 1.11 bits per heavy atom. The van der Waals surface area contributed by atoms with Crippen molar-refractivity contribution in [3.05, 3.63) is 40.4 Å². The van der Waals surface area contributed by atoms with Gasteiger partial charge in [-0.2, -0.15) is 0 Å². The van der Waals surface area contributed by atoms with Crippen LogP contribution in [-0.4, -0.2) is 94.6 Å². The first-order valence-corrected chi connectivity index (χ1v) is 12.3. The van der Waals surface area contributed by atoms with E-state index in [1.807, 2.05) is 11.6 Å². The maximum Gasteiger partial charge on any atom is 0.274 e. The van der Waals surface area contributed by atoms with Crippen molar-refractivity contribution in [1.29, 1.82) is 0 Å². The number of nitrogens with zero attached hydrogens (tertiary/aromatic N) is 5. The number of likely N-dealkylation sites (tertiary alicyclic amines) is 1. The van der Waals surface area contributed by atoms with Crippen LogP contribution in [0.5, 0.6) is 0 Å². The third-order valence-electron chi connectivity index (χ3n) is 7.53. The Morgan fingerprint density at radius 3 is 2.49 bits per heavy atom. The number of amides is 2. The van der Waals surface area contributed by atoms with Gasteiger partial charge in [0, 0.05) is 50.8 Å². The number of rotatable bonds is 4. The molecular weight excluding hydrogens is 475 g/mol. The van der Waals surface area contributed by atoms with Gasteiger partial charge in [-0.3, -0.25) is 19.4 Å². The molecular formula is C24H30ClFN6O3. The Kier molecular flexibility index (Phi) is 6.56. The van der Waals surface area contributed by atoms with Crippen LogP contribution in [0.4, 0.5) is 4.39 Å². The van der Waals surface area contributed by atoms with Crippen molar-refractivity contribution >= 4 is 23.4 Å². The number of imidazole rings is 1. The molecule has 35 heavy (non-hydrogen) atoms. The number of fused-ring (bicyclic) bond motifs is 1. The Balaban J connectivity index is 1.43. The fourth-order valence-corrected chi connectivity index (χ4v) is 5.64. The zero-order valence-corrected chi connectivity index (χ0v) is 20.6. The van der Waals surface area contributed by atoms with E-state index in [9.17, 15) is 14.0 Å². The number of hydrogen-bond donors (Lipinski definition) is 1. The van der Waals surface area contributed by atoms with E-state index in [-0.39, 0.29) is 11.8 Å². The van der Waals surface area contributed by atoms with Crippen LogP contribution in [0.25, 0.3) is 11.4 Å². The number of benzene rings is 1. The molecule has 2 N–H and O–H groups in total. The summed E-state index contributed by atoms with van der Waals surface area (Å²) >= 11 is 5.95. The first-order chi connectivity index (χ1) is 16.8. The fraction of sp³-hybridized carbons (Fsp3) is 0.542. The van der Waals surface area contributed by atoms with Gasteiger partial charge in [0.25, 0.3) is 5.91 Å². The molecule has 0 spiro atoms. The lowest BCUT2D eigenvalue weighted by Crippen LogP contribution is -2.64. The van der Waals surface area contributed by atoms with Crippen LogP contribution in [0.1, 0.15) is 29.0 Å². The molecule has 3 aliphatic rings. The second-order valence-electron chi connectivity index (χ2n) is 9.53. The van der Waals surface area contributed by atoms with Gasteiger partial charge in [0.2, 0.25) is 5.91 Å². The minimum absolute atomic E-state index is 0.204. The average Bonchev–Trinajstić information content (AvgIpc) is 3.22. The third kappa shape index (κ3) is 4.33. The summed E-state index contributed by atoms with van der Waals surface area (Å²) in [6.07, 6.45) is 0.922. The van der Waals surface area contributed by atoms with Crippen LogP contribution in [0.3, 0.4) is 0 Å². The number of halogens is 2. The number of ether oxygens (including phenoxy) is 1. The highest BCUT2D eigenvalue weighted by Gasteiger charge is 2.46. The highest BCUT2D eigenvalue weighted by atomic mass is 35.5. The lowest BCUT2D eigenvalue weighted by Gasteiger charge is -2.47. The largest absolute Gasteiger partial charge is 0.379 e. The summed E-state index contributed by atoms with van der Waals surface area (Å²) in [6, 6.07) is 4.48. The SMILES string of the molecule is CN1CCn2c(-c3ccc(Cl)cc3F)nc(C(=O)N3CCC(C(N)=O)(N4CCOCC4)CC3)c2C1. The molecule has 9 nitrogen and oxygen atoms in total. The van der Waals surface area contributed by atoms with E-state index in [1.165, 1.54) is 6.07 Å². The first-order valence-electron chi connectivity index (χ1n) is 12.0. The van der Waals surface area contributed by atoms with Crippen molar-refractivity contribution < 1.29 is 18.7 Å². The van der Waals surface area contributed by atoms with E-state index in [0.717, 1.165) is 12.2 Å². The fourth-order valence-electron chi connectivity index (χ4n) is 5.48. The molecule has 2 fully saturated rings. The predicted molar refractivity (Wildman–Crippen MR) is 128 cm³/mol. The van der Waals surface area contributed by atoms with Crippen LogP contribution >= 0.6 is 11.6 Å². The molecule has 2 saturated heterocycles. The van der Waals surface area contributed by atoms with Crippen LogP contribution in [0.2, 0.25) is 5.02 Å². The summed E-state index contributed by atoms with van der Waals surface area (Å²) in [6.45, 7) is 5.12. The smallest absolute Gasteiger partial charge is 0.274 e. The minimum atomic E-state index is -0.772. The van der Waals surface area contributed by atoms with Crippen LogP contribution < -0.4 is 5.73 Å². The van der Waals surface area contributed by atoms with Crippen molar-refractivity contribution in [3.8, 4) is 11.4 Å². The number of carbonyl (C=O) groups excluding carboxylic acids is 2.